The van der Waals surface area contributed by atoms with Gasteiger partial charge in [0.1, 0.15) is 9.84 Å². The van der Waals surface area contributed by atoms with E-state index in [4.69, 9.17) is 0 Å². The molecule has 0 spiro atoms. The minimum Gasteiger partial charge on any atom is -0.369 e. The molecule has 0 fully saturated rings. The molecule has 0 saturated heterocycles. The highest BCUT2D eigenvalue weighted by Gasteiger charge is 2.20. The summed E-state index contributed by atoms with van der Waals surface area (Å²) in [6.07, 6.45) is 2.34. The van der Waals surface area contributed by atoms with Crippen molar-refractivity contribution in [1.82, 2.24) is 5.32 Å². The van der Waals surface area contributed by atoms with Gasteiger partial charge in [-0.25, -0.2) is 8.42 Å². The molecular formula is C14H22N2O2S. The van der Waals surface area contributed by atoms with Gasteiger partial charge in [-0.2, -0.15) is 0 Å². The van der Waals surface area contributed by atoms with Gasteiger partial charge in [-0.3, -0.25) is 0 Å². The molecule has 1 aromatic carbocycles. The first-order valence-corrected chi connectivity index (χ1v) is 8.79. The second-order valence-corrected chi connectivity index (χ2v) is 7.45. The van der Waals surface area contributed by atoms with Crippen molar-refractivity contribution in [3.8, 4) is 0 Å². The highest BCUT2D eigenvalue weighted by Crippen LogP contribution is 2.23. The van der Waals surface area contributed by atoms with Crippen LogP contribution in [0.1, 0.15) is 18.9 Å². The van der Waals surface area contributed by atoms with Crippen LogP contribution in [-0.2, 0) is 16.4 Å². The molecule has 0 amide bonds. The molecule has 2 rings (SSSR count). The van der Waals surface area contributed by atoms with E-state index in [2.05, 4.69) is 29.3 Å². The number of para-hydroxylation sites is 1. The molecule has 19 heavy (non-hydrogen) atoms. The summed E-state index contributed by atoms with van der Waals surface area (Å²) in [4.78, 5) is 2.20. The smallest absolute Gasteiger partial charge is 0.149 e. The lowest BCUT2D eigenvalue weighted by atomic mass is 10.1. The molecule has 1 aliphatic heterocycles. The Labute approximate surface area is 115 Å². The minimum atomic E-state index is -2.92. The lowest BCUT2D eigenvalue weighted by Crippen LogP contribution is -2.39. The van der Waals surface area contributed by atoms with Crippen LogP contribution in [0.3, 0.4) is 0 Å². The molecule has 0 radical (unpaired) electrons. The maximum absolute atomic E-state index is 11.4. The van der Waals surface area contributed by atoms with E-state index in [9.17, 15) is 8.42 Å². The van der Waals surface area contributed by atoms with Crippen molar-refractivity contribution in [2.45, 2.75) is 25.9 Å². The average molecular weight is 282 g/mol. The molecule has 1 unspecified atom stereocenters. The summed E-state index contributed by atoms with van der Waals surface area (Å²) in [6, 6.07) is 8.64. The SMILES string of the molecule is CCC1CN(CCS(C)(=O)=O)c2ccccc2CN1. The number of rotatable bonds is 4. The maximum atomic E-state index is 11.4. The second-order valence-electron chi connectivity index (χ2n) is 5.19. The molecule has 106 valence electrons. The Morgan fingerprint density at radius 3 is 2.79 bits per heavy atom. The first-order chi connectivity index (χ1) is 8.99. The molecule has 0 bridgehead atoms. The third-order valence-electron chi connectivity index (χ3n) is 3.58. The molecule has 0 aromatic heterocycles. The van der Waals surface area contributed by atoms with Crippen LogP contribution in [0.4, 0.5) is 5.69 Å². The Hall–Kier alpha value is -1.07. The highest BCUT2D eigenvalue weighted by atomic mass is 32.2. The van der Waals surface area contributed by atoms with Crippen LogP contribution in [0.15, 0.2) is 24.3 Å². The molecule has 5 heteroatoms. The fraction of sp³-hybridized carbons (Fsp3) is 0.571. The summed E-state index contributed by atoms with van der Waals surface area (Å²) in [5.41, 5.74) is 2.40. The maximum Gasteiger partial charge on any atom is 0.149 e. The Morgan fingerprint density at radius 1 is 1.37 bits per heavy atom. The molecule has 0 aliphatic carbocycles. The van der Waals surface area contributed by atoms with Gasteiger partial charge in [-0.1, -0.05) is 25.1 Å². The van der Waals surface area contributed by atoms with Crippen molar-refractivity contribution in [2.75, 3.05) is 30.0 Å². The van der Waals surface area contributed by atoms with Crippen molar-refractivity contribution >= 4 is 15.5 Å². The summed E-state index contributed by atoms with van der Waals surface area (Å²) in [6.45, 7) is 4.43. The fourth-order valence-electron chi connectivity index (χ4n) is 2.41. The van der Waals surface area contributed by atoms with Gasteiger partial charge < -0.3 is 10.2 Å². The average Bonchev–Trinajstić information content (AvgIpc) is 2.55. The van der Waals surface area contributed by atoms with Crippen molar-refractivity contribution in [3.63, 3.8) is 0 Å². The molecule has 1 aliphatic rings. The zero-order valence-corrected chi connectivity index (χ0v) is 12.4. The Bertz CT molecular complexity index is 528. The molecular weight excluding hydrogens is 260 g/mol. The van der Waals surface area contributed by atoms with Gasteiger partial charge in [-0.15, -0.1) is 0 Å². The van der Waals surface area contributed by atoms with Gasteiger partial charge in [0.15, 0.2) is 0 Å². The van der Waals surface area contributed by atoms with Crippen LogP contribution in [0.5, 0.6) is 0 Å². The summed E-state index contributed by atoms with van der Waals surface area (Å²) >= 11 is 0. The molecule has 1 atom stereocenters. The predicted octanol–water partition coefficient (Wildman–Crippen LogP) is 1.42. The van der Waals surface area contributed by atoms with Crippen LogP contribution in [0.25, 0.3) is 0 Å². The van der Waals surface area contributed by atoms with Crippen molar-refractivity contribution in [1.29, 1.82) is 0 Å². The number of nitrogens with zero attached hydrogens (tertiary/aromatic N) is 1. The Balaban J connectivity index is 2.22. The molecule has 1 heterocycles. The zero-order valence-electron chi connectivity index (χ0n) is 11.6. The number of nitrogens with one attached hydrogen (secondary N) is 1. The Morgan fingerprint density at radius 2 is 2.11 bits per heavy atom. The number of hydrogen-bond donors (Lipinski definition) is 1. The number of hydrogen-bond acceptors (Lipinski definition) is 4. The predicted molar refractivity (Wildman–Crippen MR) is 79.3 cm³/mol. The van der Waals surface area contributed by atoms with E-state index in [0.29, 0.717) is 12.6 Å². The number of sulfone groups is 1. The van der Waals surface area contributed by atoms with E-state index in [1.807, 2.05) is 12.1 Å². The van der Waals surface area contributed by atoms with E-state index in [0.717, 1.165) is 25.2 Å². The third-order valence-corrected chi connectivity index (χ3v) is 4.50. The summed E-state index contributed by atoms with van der Waals surface area (Å²) < 4.78 is 22.8. The third kappa shape index (κ3) is 3.94. The monoisotopic (exact) mass is 282 g/mol. The first-order valence-electron chi connectivity index (χ1n) is 6.73. The van der Waals surface area contributed by atoms with Crippen molar-refractivity contribution in [3.05, 3.63) is 29.8 Å². The van der Waals surface area contributed by atoms with Crippen LogP contribution in [0.2, 0.25) is 0 Å². The zero-order chi connectivity index (χ0) is 13.9. The van der Waals surface area contributed by atoms with E-state index < -0.39 is 9.84 Å². The number of anilines is 1. The van der Waals surface area contributed by atoms with Crippen LogP contribution < -0.4 is 10.2 Å². The lowest BCUT2D eigenvalue weighted by Gasteiger charge is -2.27. The highest BCUT2D eigenvalue weighted by molar-refractivity contribution is 7.90. The van der Waals surface area contributed by atoms with Gasteiger partial charge in [-0.05, 0) is 18.1 Å². The summed E-state index contributed by atoms with van der Waals surface area (Å²) in [7, 11) is -2.92. The van der Waals surface area contributed by atoms with Gasteiger partial charge in [0, 0.05) is 37.6 Å². The first kappa shape index (κ1) is 14.3. The lowest BCUT2D eigenvalue weighted by molar-refractivity contribution is 0.504. The van der Waals surface area contributed by atoms with Gasteiger partial charge >= 0.3 is 0 Å². The standard InChI is InChI=1S/C14H22N2O2S/c1-3-13-11-16(8-9-19(2,17)18)14-7-5-4-6-12(14)10-15-13/h4-7,13,15H,3,8-11H2,1-2H3. The minimum absolute atomic E-state index is 0.206. The van der Waals surface area contributed by atoms with Crippen molar-refractivity contribution in [2.24, 2.45) is 0 Å². The van der Waals surface area contributed by atoms with Crippen molar-refractivity contribution < 1.29 is 8.42 Å². The molecule has 0 saturated carbocycles. The van der Waals surface area contributed by atoms with Gasteiger partial charge in [0.05, 0.1) is 5.75 Å². The molecule has 4 nitrogen and oxygen atoms in total. The second kappa shape index (κ2) is 5.92. The van der Waals surface area contributed by atoms with E-state index in [1.54, 1.807) is 0 Å². The van der Waals surface area contributed by atoms with Crippen LogP contribution >= 0.6 is 0 Å². The van der Waals surface area contributed by atoms with Gasteiger partial charge in [0.25, 0.3) is 0 Å². The summed E-state index contributed by atoms with van der Waals surface area (Å²) in [5.74, 6) is 0.206. The topological polar surface area (TPSA) is 49.4 Å². The normalized spacial score (nSPS) is 19.9. The van der Waals surface area contributed by atoms with Gasteiger partial charge in [0.2, 0.25) is 0 Å². The number of fused-ring (bicyclic) bond motifs is 1. The number of benzene rings is 1. The molecule has 1 aromatic rings. The Kier molecular flexibility index (Phi) is 4.47. The van der Waals surface area contributed by atoms with Crippen LogP contribution in [-0.4, -0.2) is 39.6 Å². The van der Waals surface area contributed by atoms with E-state index in [-0.39, 0.29) is 5.75 Å². The van der Waals surface area contributed by atoms with E-state index in [1.165, 1.54) is 11.8 Å². The summed E-state index contributed by atoms with van der Waals surface area (Å²) in [5, 5.41) is 3.52. The quantitative estimate of drug-likeness (QED) is 0.907. The van der Waals surface area contributed by atoms with E-state index >= 15 is 0 Å². The van der Waals surface area contributed by atoms with Crippen LogP contribution in [0, 0.1) is 0 Å². The molecule has 1 N–H and O–H groups in total. The fourth-order valence-corrected chi connectivity index (χ4v) is 2.97. The largest absolute Gasteiger partial charge is 0.369 e.